The molecule has 5 atom stereocenters. The molecule has 0 radical (unpaired) electrons. The van der Waals surface area contributed by atoms with Gasteiger partial charge in [0.25, 0.3) is 0 Å². The number of benzene rings is 1. The Morgan fingerprint density at radius 3 is 2.80 bits per heavy atom. The van der Waals surface area contributed by atoms with Crippen molar-refractivity contribution in [3.63, 3.8) is 0 Å². The highest BCUT2D eigenvalue weighted by molar-refractivity contribution is 5.79. The van der Waals surface area contributed by atoms with Gasteiger partial charge < -0.3 is 31.5 Å². The van der Waals surface area contributed by atoms with Gasteiger partial charge in [-0.1, -0.05) is 0 Å². The number of anilines is 4. The van der Waals surface area contributed by atoms with Crippen LogP contribution in [0.15, 0.2) is 24.4 Å². The molecule has 6 rings (SSSR count). The van der Waals surface area contributed by atoms with Gasteiger partial charge in [-0.15, -0.1) is 0 Å². The largest absolute Gasteiger partial charge is 0.369 e. The van der Waals surface area contributed by atoms with Crippen LogP contribution in [0, 0.1) is 29.5 Å². The summed E-state index contributed by atoms with van der Waals surface area (Å²) in [6.07, 6.45) is 3.07. The number of amides is 1. The van der Waals surface area contributed by atoms with Gasteiger partial charge in [0.05, 0.1) is 12.1 Å². The number of carbonyl (C=O) groups excluding carboxylic acids is 1. The first-order chi connectivity index (χ1) is 17.0. The number of fused-ring (bicyclic) bond motifs is 5. The van der Waals surface area contributed by atoms with Gasteiger partial charge in [0, 0.05) is 50.1 Å². The summed E-state index contributed by atoms with van der Waals surface area (Å²) < 4.78 is 14.7. The smallest absolute Gasteiger partial charge is 0.229 e. The van der Waals surface area contributed by atoms with E-state index in [1.54, 1.807) is 0 Å². The SMILES string of the molecule is CN1CCN(c2ccc3cc2CNC[C@@H]2C[C@@H]4C[C@H]2[C@@H](Nc2nc(ncc2F)N3)[C@H]4C(N)=O)CC1. The van der Waals surface area contributed by atoms with Crippen molar-refractivity contribution in [2.45, 2.75) is 25.4 Å². The molecule has 2 aromatic rings. The molecule has 186 valence electrons. The van der Waals surface area contributed by atoms with Crippen molar-refractivity contribution >= 4 is 29.0 Å². The number of halogens is 1. The molecule has 6 bridgehead atoms. The van der Waals surface area contributed by atoms with Crippen LogP contribution < -0.4 is 26.6 Å². The van der Waals surface area contributed by atoms with E-state index in [0.717, 1.165) is 57.8 Å². The first kappa shape index (κ1) is 22.5. The summed E-state index contributed by atoms with van der Waals surface area (Å²) in [5.41, 5.74) is 9.10. The van der Waals surface area contributed by atoms with E-state index in [1.165, 1.54) is 17.4 Å². The first-order valence-corrected chi connectivity index (χ1v) is 12.6. The van der Waals surface area contributed by atoms with Crippen molar-refractivity contribution < 1.29 is 9.18 Å². The molecule has 2 saturated carbocycles. The Bertz CT molecular complexity index is 1120. The van der Waals surface area contributed by atoms with Crippen molar-refractivity contribution in [3.8, 4) is 0 Å². The second-order valence-corrected chi connectivity index (χ2v) is 10.5. The number of nitrogens with zero attached hydrogens (tertiary/aromatic N) is 4. The lowest BCUT2D eigenvalue weighted by atomic mass is 9.77. The predicted molar refractivity (Wildman–Crippen MR) is 133 cm³/mol. The third-order valence-corrected chi connectivity index (χ3v) is 8.42. The van der Waals surface area contributed by atoms with E-state index in [2.05, 4.69) is 54.9 Å². The molecule has 0 spiro atoms. The normalized spacial score (nSPS) is 30.3. The topological polar surface area (TPSA) is 111 Å². The number of hydrogen-bond donors (Lipinski definition) is 4. The van der Waals surface area contributed by atoms with Crippen LogP contribution >= 0.6 is 0 Å². The summed E-state index contributed by atoms with van der Waals surface area (Å²) in [7, 11) is 2.16. The fourth-order valence-electron chi connectivity index (χ4n) is 6.70. The molecule has 5 N–H and O–H groups in total. The first-order valence-electron chi connectivity index (χ1n) is 12.6. The maximum atomic E-state index is 14.7. The minimum absolute atomic E-state index is 0.115. The highest BCUT2D eigenvalue weighted by atomic mass is 19.1. The van der Waals surface area contributed by atoms with Crippen LogP contribution in [-0.4, -0.2) is 66.6 Å². The summed E-state index contributed by atoms with van der Waals surface area (Å²) >= 11 is 0. The molecule has 0 unspecified atom stereocenters. The molecule has 1 aromatic heterocycles. The summed E-state index contributed by atoms with van der Waals surface area (Å²) in [6.45, 7) is 5.67. The van der Waals surface area contributed by atoms with Gasteiger partial charge in [-0.2, -0.15) is 4.98 Å². The Balaban J connectivity index is 1.35. The number of nitrogens with two attached hydrogens (primary N) is 1. The number of hydrogen-bond acceptors (Lipinski definition) is 8. The molecule has 9 nitrogen and oxygen atoms in total. The molecule has 10 heteroatoms. The third kappa shape index (κ3) is 4.18. The van der Waals surface area contributed by atoms with E-state index in [-0.39, 0.29) is 35.5 Å². The summed E-state index contributed by atoms with van der Waals surface area (Å²) in [5, 5.41) is 10.2. The van der Waals surface area contributed by atoms with Gasteiger partial charge in [-0.05, 0) is 68.0 Å². The third-order valence-electron chi connectivity index (χ3n) is 8.42. The Morgan fingerprint density at radius 2 is 2.00 bits per heavy atom. The Kier molecular flexibility index (Phi) is 5.72. The molecule has 4 aliphatic rings. The maximum Gasteiger partial charge on any atom is 0.229 e. The maximum absolute atomic E-state index is 14.7. The molecular formula is C25H33FN8O. The number of piperazine rings is 1. The number of carbonyl (C=O) groups is 1. The van der Waals surface area contributed by atoms with Crippen LogP contribution in [0.3, 0.4) is 0 Å². The molecule has 35 heavy (non-hydrogen) atoms. The van der Waals surface area contributed by atoms with Gasteiger partial charge in [0.2, 0.25) is 11.9 Å². The van der Waals surface area contributed by atoms with Crippen molar-refractivity contribution in [2.75, 3.05) is 55.3 Å². The number of nitrogens with one attached hydrogen (secondary N) is 3. The molecule has 1 saturated heterocycles. The van der Waals surface area contributed by atoms with E-state index in [0.29, 0.717) is 11.9 Å². The van der Waals surface area contributed by atoms with Gasteiger partial charge in [-0.25, -0.2) is 9.37 Å². The van der Waals surface area contributed by atoms with E-state index in [9.17, 15) is 9.18 Å². The second-order valence-electron chi connectivity index (χ2n) is 10.5. The Morgan fingerprint density at radius 1 is 1.17 bits per heavy atom. The van der Waals surface area contributed by atoms with Crippen LogP contribution in [-0.2, 0) is 11.3 Å². The minimum atomic E-state index is -0.533. The molecular weight excluding hydrogens is 447 g/mol. The van der Waals surface area contributed by atoms with Crippen LogP contribution in [0.2, 0.25) is 0 Å². The lowest BCUT2D eigenvalue weighted by molar-refractivity contribution is -0.123. The molecule has 1 aromatic carbocycles. The molecule has 2 aliphatic heterocycles. The predicted octanol–water partition coefficient (Wildman–Crippen LogP) is 1.75. The van der Waals surface area contributed by atoms with Crippen molar-refractivity contribution in [2.24, 2.45) is 29.4 Å². The molecule has 3 fully saturated rings. The summed E-state index contributed by atoms with van der Waals surface area (Å²) in [4.78, 5) is 25.7. The van der Waals surface area contributed by atoms with E-state index < -0.39 is 5.82 Å². The van der Waals surface area contributed by atoms with Gasteiger partial charge in [0.1, 0.15) is 0 Å². The molecule has 1 amide bonds. The minimum Gasteiger partial charge on any atom is -0.369 e. The van der Waals surface area contributed by atoms with Gasteiger partial charge in [-0.3, -0.25) is 4.79 Å². The zero-order valence-electron chi connectivity index (χ0n) is 20.0. The number of rotatable bonds is 2. The van der Waals surface area contributed by atoms with E-state index in [1.807, 2.05) is 6.07 Å². The van der Waals surface area contributed by atoms with E-state index in [4.69, 9.17) is 5.73 Å². The van der Waals surface area contributed by atoms with Gasteiger partial charge in [0.15, 0.2) is 11.6 Å². The van der Waals surface area contributed by atoms with Crippen molar-refractivity contribution in [1.29, 1.82) is 0 Å². The number of likely N-dealkylation sites (N-methyl/N-ethyl adjacent to an activating group) is 1. The van der Waals surface area contributed by atoms with Gasteiger partial charge >= 0.3 is 0 Å². The highest BCUT2D eigenvalue weighted by Crippen LogP contribution is 2.52. The van der Waals surface area contributed by atoms with Crippen molar-refractivity contribution in [1.82, 2.24) is 20.2 Å². The second kappa shape index (κ2) is 8.91. The summed E-state index contributed by atoms with van der Waals surface area (Å²) in [6, 6.07) is 6.09. The zero-order valence-corrected chi connectivity index (χ0v) is 20.0. The van der Waals surface area contributed by atoms with Crippen molar-refractivity contribution in [3.05, 3.63) is 35.8 Å². The zero-order chi connectivity index (χ0) is 24.1. The fourth-order valence-corrected chi connectivity index (χ4v) is 6.70. The monoisotopic (exact) mass is 480 g/mol. The highest BCUT2D eigenvalue weighted by Gasteiger charge is 2.54. The lowest BCUT2D eigenvalue weighted by Crippen LogP contribution is -2.47. The fraction of sp³-hybridized carbons (Fsp3) is 0.560. The number of aromatic nitrogens is 2. The van der Waals surface area contributed by atoms with Crippen LogP contribution in [0.5, 0.6) is 0 Å². The average molecular weight is 481 g/mol. The Hall–Kier alpha value is -2.98. The van der Waals surface area contributed by atoms with Crippen LogP contribution in [0.4, 0.5) is 27.5 Å². The summed E-state index contributed by atoms with van der Waals surface area (Å²) in [5.74, 6) is 0.123. The van der Waals surface area contributed by atoms with Crippen LogP contribution in [0.1, 0.15) is 18.4 Å². The van der Waals surface area contributed by atoms with E-state index >= 15 is 0 Å². The van der Waals surface area contributed by atoms with Crippen LogP contribution in [0.25, 0.3) is 0 Å². The molecule has 3 heterocycles. The average Bonchev–Trinajstić information content (AvgIpc) is 3.40. The lowest BCUT2D eigenvalue weighted by Gasteiger charge is -2.36. The molecule has 2 aliphatic carbocycles. The quantitative estimate of drug-likeness (QED) is 0.515. The standard InChI is InChI=1S/C25H33FN8O/c1-33-4-6-34(7-5-33)20-3-2-17-9-16(20)12-28-11-15-8-14-10-18(15)22(21(14)23(27)35)31-24-19(26)13-29-25(30-17)32-24/h2-3,9,13-15,18,21-22,28H,4-8,10-12H2,1H3,(H2,27,35)(H2,29,30,31,32)/t14-,15+,18-,21+,22-/m1/s1. The Labute approximate surface area is 204 Å². The number of primary amides is 1.